The zero-order valence-corrected chi connectivity index (χ0v) is 9.08. The van der Waals surface area contributed by atoms with E-state index in [9.17, 15) is 0 Å². The zero-order valence-electron chi connectivity index (χ0n) is 7.36. The van der Waals surface area contributed by atoms with E-state index in [1.165, 1.54) is 19.3 Å². The van der Waals surface area contributed by atoms with E-state index < -0.39 is 0 Å². The molecule has 1 aliphatic rings. The summed E-state index contributed by atoms with van der Waals surface area (Å²) in [6.07, 6.45) is 5.62. The number of aromatic nitrogens is 1. The van der Waals surface area contributed by atoms with Gasteiger partial charge in [0.2, 0.25) is 0 Å². The van der Waals surface area contributed by atoms with Crippen molar-refractivity contribution in [3.8, 4) is 6.07 Å². The quantitative estimate of drug-likeness (QED) is 0.687. The topological polar surface area (TPSA) is 39.9 Å². The number of anilines is 1. The van der Waals surface area contributed by atoms with Crippen molar-refractivity contribution in [2.75, 3.05) is 18.0 Å². The normalized spacial score (nSPS) is 17.0. The Kier molecular flexibility index (Phi) is 2.68. The SMILES string of the molecule is N#Cc1cnc(N2CCCCC2)[se]1. The van der Waals surface area contributed by atoms with Gasteiger partial charge in [-0.2, -0.15) is 0 Å². The fourth-order valence-corrected chi connectivity index (χ4v) is 3.15. The molecule has 0 aliphatic carbocycles. The molecule has 2 rings (SSSR count). The minimum absolute atomic E-state index is 0.187. The van der Waals surface area contributed by atoms with Crippen molar-refractivity contribution in [2.24, 2.45) is 0 Å². The molecule has 1 saturated heterocycles. The molecule has 68 valence electrons. The maximum absolute atomic E-state index is 8.69. The molecule has 1 aromatic heterocycles. The Morgan fingerprint density at radius 2 is 2.15 bits per heavy atom. The first-order chi connectivity index (χ1) is 6.40. The van der Waals surface area contributed by atoms with E-state index in [1.54, 1.807) is 6.20 Å². The molecule has 0 spiro atoms. The van der Waals surface area contributed by atoms with E-state index >= 15 is 0 Å². The summed E-state index contributed by atoms with van der Waals surface area (Å²) in [6.45, 7) is 2.26. The summed E-state index contributed by atoms with van der Waals surface area (Å²) in [4.78, 5) is 6.64. The van der Waals surface area contributed by atoms with E-state index in [-0.39, 0.29) is 14.5 Å². The molecule has 0 aromatic carbocycles. The Balaban J connectivity index is 2.11. The van der Waals surface area contributed by atoms with Crippen LogP contribution in [0.4, 0.5) is 4.69 Å². The van der Waals surface area contributed by atoms with Crippen LogP contribution in [-0.4, -0.2) is 32.6 Å². The van der Waals surface area contributed by atoms with Gasteiger partial charge in [-0.3, -0.25) is 0 Å². The summed E-state index contributed by atoms with van der Waals surface area (Å²) >= 11 is 0.187. The third kappa shape index (κ3) is 1.93. The van der Waals surface area contributed by atoms with Gasteiger partial charge in [-0.25, -0.2) is 0 Å². The van der Waals surface area contributed by atoms with Gasteiger partial charge >= 0.3 is 83.4 Å². The first-order valence-corrected chi connectivity index (χ1v) is 6.22. The standard InChI is InChI=1S/C9H11N3Se/c10-6-8-7-11-9(13-8)12-4-2-1-3-5-12/h7H,1-5H2. The zero-order chi connectivity index (χ0) is 9.10. The number of rotatable bonds is 1. The van der Waals surface area contributed by atoms with Crippen LogP contribution in [0, 0.1) is 11.3 Å². The first-order valence-electron chi connectivity index (χ1n) is 4.51. The van der Waals surface area contributed by atoms with Gasteiger partial charge < -0.3 is 0 Å². The van der Waals surface area contributed by atoms with Gasteiger partial charge in [0.05, 0.1) is 0 Å². The van der Waals surface area contributed by atoms with Crippen LogP contribution < -0.4 is 4.90 Å². The summed E-state index contributed by atoms with van der Waals surface area (Å²) in [5.74, 6) is 0. The minimum atomic E-state index is 0.187. The van der Waals surface area contributed by atoms with Crippen molar-refractivity contribution in [2.45, 2.75) is 19.3 Å². The van der Waals surface area contributed by atoms with Crippen LogP contribution in [0.25, 0.3) is 0 Å². The van der Waals surface area contributed by atoms with E-state index in [0.717, 1.165) is 22.2 Å². The van der Waals surface area contributed by atoms with Gasteiger partial charge in [-0.15, -0.1) is 0 Å². The van der Waals surface area contributed by atoms with Gasteiger partial charge in [0.1, 0.15) is 0 Å². The predicted molar refractivity (Wildman–Crippen MR) is 52.0 cm³/mol. The monoisotopic (exact) mass is 241 g/mol. The number of piperidine rings is 1. The fourth-order valence-electron chi connectivity index (χ4n) is 1.55. The summed E-state index contributed by atoms with van der Waals surface area (Å²) in [6, 6.07) is 2.18. The van der Waals surface area contributed by atoms with Crippen LogP contribution in [-0.2, 0) is 0 Å². The fraction of sp³-hybridized carbons (Fsp3) is 0.556. The molecular weight excluding hydrogens is 229 g/mol. The Labute approximate surface area is 83.7 Å². The summed E-state index contributed by atoms with van der Waals surface area (Å²) in [5.41, 5.74) is 0. The second-order valence-electron chi connectivity index (χ2n) is 3.17. The molecular formula is C9H11N3Se. The molecule has 0 atom stereocenters. The number of hydrogen-bond donors (Lipinski definition) is 0. The van der Waals surface area contributed by atoms with Crippen molar-refractivity contribution in [3.05, 3.63) is 10.6 Å². The second-order valence-corrected chi connectivity index (χ2v) is 5.28. The van der Waals surface area contributed by atoms with Gasteiger partial charge in [0, 0.05) is 0 Å². The van der Waals surface area contributed by atoms with Crippen molar-refractivity contribution < 1.29 is 0 Å². The van der Waals surface area contributed by atoms with Gasteiger partial charge in [-0.1, -0.05) is 0 Å². The first kappa shape index (κ1) is 8.80. The summed E-state index contributed by atoms with van der Waals surface area (Å²) in [7, 11) is 0. The van der Waals surface area contributed by atoms with Crippen LogP contribution >= 0.6 is 0 Å². The second kappa shape index (κ2) is 3.95. The van der Waals surface area contributed by atoms with Crippen LogP contribution in [0.5, 0.6) is 0 Å². The Morgan fingerprint density at radius 3 is 2.77 bits per heavy atom. The van der Waals surface area contributed by atoms with Gasteiger partial charge in [-0.05, 0) is 0 Å². The van der Waals surface area contributed by atoms with E-state index in [4.69, 9.17) is 5.26 Å². The van der Waals surface area contributed by atoms with Crippen molar-refractivity contribution >= 4 is 19.2 Å². The van der Waals surface area contributed by atoms with Crippen molar-refractivity contribution in [1.82, 2.24) is 4.98 Å². The Morgan fingerprint density at radius 1 is 1.38 bits per heavy atom. The number of nitriles is 1. The van der Waals surface area contributed by atoms with E-state index in [2.05, 4.69) is 16.0 Å². The predicted octanol–water partition coefficient (Wildman–Crippen LogP) is 1.00. The molecule has 0 unspecified atom stereocenters. The van der Waals surface area contributed by atoms with Gasteiger partial charge in [0.25, 0.3) is 0 Å². The molecule has 0 radical (unpaired) electrons. The number of nitrogens with zero attached hydrogens (tertiary/aromatic N) is 3. The van der Waals surface area contributed by atoms with E-state index in [1.807, 2.05) is 0 Å². The molecule has 1 aromatic rings. The van der Waals surface area contributed by atoms with Crippen LogP contribution in [0.15, 0.2) is 6.20 Å². The average Bonchev–Trinajstić information content (AvgIpc) is 2.67. The van der Waals surface area contributed by atoms with E-state index in [0.29, 0.717) is 0 Å². The third-order valence-corrected chi connectivity index (χ3v) is 4.25. The maximum atomic E-state index is 8.69. The molecule has 1 aliphatic heterocycles. The summed E-state index contributed by atoms with van der Waals surface area (Å²) in [5, 5.41) is 8.69. The molecule has 1 fully saturated rings. The van der Waals surface area contributed by atoms with Crippen molar-refractivity contribution in [3.63, 3.8) is 0 Å². The molecule has 0 N–H and O–H groups in total. The Hall–Kier alpha value is -0.781. The van der Waals surface area contributed by atoms with Gasteiger partial charge in [0.15, 0.2) is 0 Å². The molecule has 2 heterocycles. The van der Waals surface area contributed by atoms with Crippen LogP contribution in [0.1, 0.15) is 23.7 Å². The van der Waals surface area contributed by atoms with Crippen LogP contribution in [0.2, 0.25) is 0 Å². The molecule has 3 nitrogen and oxygen atoms in total. The molecule has 0 bridgehead atoms. The van der Waals surface area contributed by atoms with Crippen LogP contribution in [0.3, 0.4) is 0 Å². The summed E-state index contributed by atoms with van der Waals surface area (Å²) < 4.78 is 2.01. The van der Waals surface area contributed by atoms with Crippen molar-refractivity contribution in [1.29, 1.82) is 5.26 Å². The molecule has 0 amide bonds. The average molecular weight is 240 g/mol. The third-order valence-electron chi connectivity index (χ3n) is 2.23. The Bertz CT molecular complexity index is 320. The molecule has 0 saturated carbocycles. The number of hydrogen-bond acceptors (Lipinski definition) is 3. The molecule has 4 heteroatoms. The molecule has 13 heavy (non-hydrogen) atoms.